The zero-order valence-electron chi connectivity index (χ0n) is 20.3. The summed E-state index contributed by atoms with van der Waals surface area (Å²) < 4.78 is 11.4. The highest BCUT2D eigenvalue weighted by molar-refractivity contribution is 7.14. The normalized spacial score (nSPS) is 28.7. The highest BCUT2D eigenvalue weighted by Gasteiger charge is 2.46. The van der Waals surface area contributed by atoms with E-state index >= 15 is 0 Å². The molecule has 10 heteroatoms. The van der Waals surface area contributed by atoms with Gasteiger partial charge in [0.05, 0.1) is 23.2 Å². The number of hydrogen-bond donors (Lipinski definition) is 2. The molecule has 0 aliphatic carbocycles. The van der Waals surface area contributed by atoms with Gasteiger partial charge in [-0.1, -0.05) is 26.7 Å². The average Bonchev–Trinajstić information content (AvgIpc) is 3.55. The average molecular weight is 507 g/mol. The summed E-state index contributed by atoms with van der Waals surface area (Å²) in [5.74, 6) is -0.289. The minimum Gasteiger partial charge on any atom is -0.453 e. The third-order valence-electron chi connectivity index (χ3n) is 6.63. The molecule has 0 radical (unpaired) electrons. The fraction of sp³-hybridized carbons (Fsp3) is 0.667. The third-order valence-corrected chi connectivity index (χ3v) is 8.23. The Morgan fingerprint density at radius 1 is 0.853 bits per heavy atom. The lowest BCUT2D eigenvalue weighted by Crippen LogP contribution is -2.22. The van der Waals surface area contributed by atoms with Crippen molar-refractivity contribution < 1.29 is 19.1 Å². The van der Waals surface area contributed by atoms with Crippen molar-refractivity contribution in [3.8, 4) is 0 Å². The predicted molar refractivity (Wildman–Crippen MR) is 134 cm³/mol. The number of cyclic esters (lactones) is 2. The number of aromatic nitrogens is 2. The summed E-state index contributed by atoms with van der Waals surface area (Å²) in [7, 11) is 0. The summed E-state index contributed by atoms with van der Waals surface area (Å²) in [6.07, 6.45) is 5.02. The fourth-order valence-electron chi connectivity index (χ4n) is 4.79. The second kappa shape index (κ2) is 10.2. The molecule has 2 fully saturated rings. The Morgan fingerprint density at radius 3 is 1.65 bits per heavy atom. The van der Waals surface area contributed by atoms with Gasteiger partial charge in [-0.15, -0.1) is 22.7 Å². The maximum atomic E-state index is 12.2. The molecule has 2 N–H and O–H groups in total. The molecule has 0 amide bonds. The van der Waals surface area contributed by atoms with E-state index in [1.165, 1.54) is 22.7 Å². The molecule has 2 aromatic rings. The lowest BCUT2D eigenvalue weighted by Gasteiger charge is -2.20. The maximum absolute atomic E-state index is 12.2. The molecule has 34 heavy (non-hydrogen) atoms. The SMILES string of the molecule is CCC[C@@H]1C[C@@](C)(c2csc(NCCNc3nc([C@]4(C)C[C@H](CCC)C(=O)O4)cs3)n2)OC1=O. The van der Waals surface area contributed by atoms with Crippen LogP contribution in [0.25, 0.3) is 0 Å². The van der Waals surface area contributed by atoms with Crippen molar-refractivity contribution in [1.82, 2.24) is 9.97 Å². The number of esters is 2. The van der Waals surface area contributed by atoms with E-state index in [0.29, 0.717) is 25.9 Å². The van der Waals surface area contributed by atoms with Crippen molar-refractivity contribution in [1.29, 1.82) is 0 Å². The molecule has 0 unspecified atom stereocenters. The standard InChI is InChI=1S/C24H34N4O4S2/c1-5-7-15-11-23(3,31-19(15)29)17-13-33-21(27-17)25-9-10-26-22-28-18(14-34-22)24(4)12-16(8-6-2)20(30)32-24/h13-16H,5-12H2,1-4H3,(H,25,27)(H,26,28)/t15-,16+,23-,24-/m0/s1. The lowest BCUT2D eigenvalue weighted by atomic mass is 9.91. The van der Waals surface area contributed by atoms with Crippen LogP contribution in [0.2, 0.25) is 0 Å². The number of anilines is 2. The number of thiazole rings is 2. The van der Waals surface area contributed by atoms with Crippen LogP contribution in [0.15, 0.2) is 10.8 Å². The van der Waals surface area contributed by atoms with E-state index in [-0.39, 0.29) is 23.8 Å². The molecule has 0 spiro atoms. The van der Waals surface area contributed by atoms with E-state index in [1.54, 1.807) is 0 Å². The number of nitrogens with zero attached hydrogens (tertiary/aromatic N) is 2. The number of ether oxygens (including phenoxy) is 2. The first-order chi connectivity index (χ1) is 16.3. The zero-order chi connectivity index (χ0) is 24.3. The topological polar surface area (TPSA) is 102 Å². The summed E-state index contributed by atoms with van der Waals surface area (Å²) in [5.41, 5.74) is 0.341. The van der Waals surface area contributed by atoms with Gasteiger partial charge in [0.25, 0.3) is 0 Å². The molecule has 2 aliphatic heterocycles. The van der Waals surface area contributed by atoms with E-state index in [1.807, 2.05) is 24.6 Å². The van der Waals surface area contributed by atoms with Crippen LogP contribution in [-0.2, 0) is 30.3 Å². The van der Waals surface area contributed by atoms with Crippen LogP contribution >= 0.6 is 22.7 Å². The fourth-order valence-corrected chi connectivity index (χ4v) is 6.51. The molecule has 4 rings (SSSR count). The van der Waals surface area contributed by atoms with Gasteiger partial charge in [-0.25, -0.2) is 9.97 Å². The van der Waals surface area contributed by atoms with Gasteiger partial charge in [0, 0.05) is 36.7 Å². The van der Waals surface area contributed by atoms with E-state index in [9.17, 15) is 9.59 Å². The van der Waals surface area contributed by atoms with Gasteiger partial charge >= 0.3 is 11.9 Å². The second-order valence-electron chi connectivity index (χ2n) is 9.61. The largest absolute Gasteiger partial charge is 0.453 e. The first kappa shape index (κ1) is 24.9. The summed E-state index contributed by atoms with van der Waals surface area (Å²) >= 11 is 3.04. The Kier molecular flexibility index (Phi) is 7.47. The molecule has 0 bridgehead atoms. The minimum absolute atomic E-state index is 0.0342. The second-order valence-corrected chi connectivity index (χ2v) is 11.3. The summed E-state index contributed by atoms with van der Waals surface area (Å²) in [6, 6.07) is 0. The van der Waals surface area contributed by atoms with Gasteiger partial charge in [0.1, 0.15) is 0 Å². The Bertz CT molecular complexity index is 944. The van der Waals surface area contributed by atoms with Crippen LogP contribution < -0.4 is 10.6 Å². The molecule has 8 nitrogen and oxygen atoms in total. The molecule has 0 saturated carbocycles. The van der Waals surface area contributed by atoms with Gasteiger partial charge in [-0.05, 0) is 26.7 Å². The van der Waals surface area contributed by atoms with Gasteiger partial charge in [-0.3, -0.25) is 9.59 Å². The van der Waals surface area contributed by atoms with Crippen LogP contribution in [-0.4, -0.2) is 35.0 Å². The number of nitrogens with one attached hydrogen (secondary N) is 2. The molecular weight excluding hydrogens is 472 g/mol. The Balaban J connectivity index is 1.25. The van der Waals surface area contributed by atoms with Gasteiger partial charge in [0.2, 0.25) is 0 Å². The van der Waals surface area contributed by atoms with Gasteiger partial charge in [0.15, 0.2) is 21.5 Å². The van der Waals surface area contributed by atoms with Crippen LogP contribution in [0.1, 0.15) is 77.6 Å². The van der Waals surface area contributed by atoms with E-state index in [0.717, 1.165) is 47.3 Å². The molecule has 186 valence electrons. The highest BCUT2D eigenvalue weighted by Crippen LogP contribution is 2.43. The van der Waals surface area contributed by atoms with Crippen molar-refractivity contribution in [2.24, 2.45) is 11.8 Å². The van der Waals surface area contributed by atoms with Crippen molar-refractivity contribution in [3.05, 3.63) is 22.1 Å². The van der Waals surface area contributed by atoms with Crippen molar-refractivity contribution >= 4 is 44.9 Å². The number of hydrogen-bond acceptors (Lipinski definition) is 10. The van der Waals surface area contributed by atoms with Crippen molar-refractivity contribution in [2.45, 2.75) is 77.4 Å². The number of carbonyl (C=O) groups excluding carboxylic acids is 2. The maximum Gasteiger partial charge on any atom is 0.310 e. The van der Waals surface area contributed by atoms with Crippen LogP contribution in [0.3, 0.4) is 0 Å². The number of carbonyl (C=O) groups is 2. The Morgan fingerprint density at radius 2 is 1.26 bits per heavy atom. The monoisotopic (exact) mass is 506 g/mol. The lowest BCUT2D eigenvalue weighted by molar-refractivity contribution is -0.151. The minimum atomic E-state index is -0.640. The predicted octanol–water partition coefficient (Wildman–Crippen LogP) is 5.28. The Labute approximate surface area is 208 Å². The molecule has 4 heterocycles. The highest BCUT2D eigenvalue weighted by atomic mass is 32.1. The van der Waals surface area contributed by atoms with Crippen LogP contribution in [0.5, 0.6) is 0 Å². The quantitative estimate of drug-likeness (QED) is 0.313. The summed E-state index contributed by atoms with van der Waals surface area (Å²) in [5, 5.41) is 12.2. The third kappa shape index (κ3) is 5.22. The number of rotatable bonds is 11. The van der Waals surface area contributed by atoms with Gasteiger partial charge in [-0.2, -0.15) is 0 Å². The first-order valence-electron chi connectivity index (χ1n) is 12.1. The molecule has 4 atom stereocenters. The van der Waals surface area contributed by atoms with E-state index < -0.39 is 11.2 Å². The van der Waals surface area contributed by atoms with Crippen molar-refractivity contribution in [2.75, 3.05) is 23.7 Å². The smallest absolute Gasteiger partial charge is 0.310 e. The van der Waals surface area contributed by atoms with E-state index in [4.69, 9.17) is 9.47 Å². The first-order valence-corrected chi connectivity index (χ1v) is 13.9. The Hall–Kier alpha value is -2.20. The zero-order valence-corrected chi connectivity index (χ0v) is 21.9. The summed E-state index contributed by atoms with van der Waals surface area (Å²) in [4.78, 5) is 33.7. The molecule has 2 saturated heterocycles. The van der Waals surface area contributed by atoms with Crippen LogP contribution in [0.4, 0.5) is 10.3 Å². The molecule has 2 aromatic heterocycles. The summed E-state index contributed by atoms with van der Waals surface area (Å²) in [6.45, 7) is 9.41. The van der Waals surface area contributed by atoms with E-state index in [2.05, 4.69) is 34.4 Å². The molecular formula is C24H34N4O4S2. The van der Waals surface area contributed by atoms with Crippen LogP contribution in [0, 0.1) is 11.8 Å². The molecule has 0 aromatic carbocycles. The van der Waals surface area contributed by atoms with Crippen molar-refractivity contribution in [3.63, 3.8) is 0 Å². The van der Waals surface area contributed by atoms with Gasteiger partial charge < -0.3 is 20.1 Å². The molecule has 2 aliphatic rings.